The number of hydrogen-bond acceptors (Lipinski definition) is 2. The lowest BCUT2D eigenvalue weighted by Crippen LogP contribution is -2.29. The minimum Gasteiger partial charge on any atom is -0.464 e. The van der Waals surface area contributed by atoms with E-state index in [1.165, 1.54) is 25.7 Å². The number of nitrogens with one attached hydrogen (secondary N) is 1. The van der Waals surface area contributed by atoms with E-state index in [4.69, 9.17) is 4.42 Å². The minimum absolute atomic E-state index is 0.0280. The topological polar surface area (TPSA) is 42.2 Å². The van der Waals surface area contributed by atoms with Crippen LogP contribution in [0.3, 0.4) is 0 Å². The molecule has 1 amide bonds. The third-order valence-electron chi connectivity index (χ3n) is 4.90. The van der Waals surface area contributed by atoms with Crippen LogP contribution in [0.25, 0.3) is 0 Å². The van der Waals surface area contributed by atoms with Crippen LogP contribution in [-0.2, 0) is 4.79 Å². The van der Waals surface area contributed by atoms with Crippen molar-refractivity contribution in [3.05, 3.63) is 23.7 Å². The highest BCUT2D eigenvalue weighted by atomic mass is 16.3. The van der Waals surface area contributed by atoms with E-state index in [0.29, 0.717) is 12.3 Å². The van der Waals surface area contributed by atoms with Crippen molar-refractivity contribution in [1.82, 2.24) is 5.32 Å². The molecule has 0 aromatic carbocycles. The molecule has 1 heterocycles. The second-order valence-electron chi connectivity index (χ2n) is 6.38. The lowest BCUT2D eigenvalue weighted by molar-refractivity contribution is -0.123. The van der Waals surface area contributed by atoms with Gasteiger partial charge in [-0.1, -0.05) is 6.42 Å². The van der Waals surface area contributed by atoms with Gasteiger partial charge in [-0.25, -0.2) is 0 Å². The Morgan fingerprint density at radius 2 is 2.26 bits per heavy atom. The lowest BCUT2D eigenvalue weighted by atomic mass is 9.86. The molecule has 3 heteroatoms. The number of aryl methyl sites for hydroxylation is 1. The first-order valence-corrected chi connectivity index (χ1v) is 7.47. The molecule has 1 N–H and O–H groups in total. The molecule has 3 rings (SSSR count). The van der Waals surface area contributed by atoms with Crippen LogP contribution in [0, 0.1) is 24.7 Å². The summed E-state index contributed by atoms with van der Waals surface area (Å²) >= 11 is 0. The van der Waals surface area contributed by atoms with E-state index >= 15 is 0 Å². The highest BCUT2D eigenvalue weighted by Crippen LogP contribution is 2.49. The van der Waals surface area contributed by atoms with E-state index in [2.05, 4.69) is 5.32 Å². The van der Waals surface area contributed by atoms with Gasteiger partial charge in [0.15, 0.2) is 0 Å². The van der Waals surface area contributed by atoms with Crippen molar-refractivity contribution in [2.24, 2.45) is 17.8 Å². The monoisotopic (exact) mass is 261 g/mol. The molecule has 2 aliphatic rings. The molecule has 0 saturated heterocycles. The van der Waals surface area contributed by atoms with Gasteiger partial charge in [-0.05, 0) is 63.0 Å². The van der Waals surface area contributed by atoms with E-state index in [1.807, 2.05) is 26.0 Å². The number of rotatable bonds is 4. The number of fused-ring (bicyclic) bond motifs is 2. The van der Waals surface area contributed by atoms with E-state index in [-0.39, 0.29) is 11.9 Å². The van der Waals surface area contributed by atoms with Crippen LogP contribution in [0.15, 0.2) is 16.5 Å². The summed E-state index contributed by atoms with van der Waals surface area (Å²) in [4.78, 5) is 12.1. The van der Waals surface area contributed by atoms with Gasteiger partial charge in [0.05, 0.1) is 6.04 Å². The van der Waals surface area contributed by atoms with Gasteiger partial charge in [-0.2, -0.15) is 0 Å². The molecule has 4 unspecified atom stereocenters. The molecule has 19 heavy (non-hydrogen) atoms. The molecule has 2 saturated carbocycles. The van der Waals surface area contributed by atoms with Crippen molar-refractivity contribution in [2.45, 2.75) is 52.0 Å². The Balaban J connectivity index is 1.51. The number of hydrogen-bond donors (Lipinski definition) is 1. The predicted octanol–water partition coefficient (Wildman–Crippen LogP) is 3.59. The third kappa shape index (κ3) is 2.70. The second kappa shape index (κ2) is 5.03. The Kier molecular flexibility index (Phi) is 3.38. The zero-order valence-corrected chi connectivity index (χ0v) is 11.8. The first-order valence-electron chi connectivity index (χ1n) is 7.47. The van der Waals surface area contributed by atoms with E-state index in [9.17, 15) is 4.79 Å². The van der Waals surface area contributed by atoms with Gasteiger partial charge in [0.2, 0.25) is 5.91 Å². The molecular formula is C16H23NO2. The molecule has 1 aromatic rings. The van der Waals surface area contributed by atoms with Crippen molar-refractivity contribution in [3.8, 4) is 0 Å². The summed E-state index contributed by atoms with van der Waals surface area (Å²) in [6, 6.07) is 3.85. The predicted molar refractivity (Wildman–Crippen MR) is 73.6 cm³/mol. The van der Waals surface area contributed by atoms with Crippen LogP contribution < -0.4 is 5.32 Å². The lowest BCUT2D eigenvalue weighted by Gasteiger charge is -2.21. The number of furan rings is 1. The van der Waals surface area contributed by atoms with Crippen LogP contribution in [0.1, 0.15) is 56.6 Å². The zero-order chi connectivity index (χ0) is 13.4. The normalized spacial score (nSPS) is 30.5. The third-order valence-corrected chi connectivity index (χ3v) is 4.90. The standard InChI is InChI=1S/C16H23NO2/c1-10-3-6-15(19-10)11(2)17-16(18)9-14-8-12-4-5-13(14)7-12/h3,6,11-14H,4-5,7-9H2,1-2H3,(H,17,18). The fraction of sp³-hybridized carbons (Fsp3) is 0.688. The smallest absolute Gasteiger partial charge is 0.220 e. The van der Waals surface area contributed by atoms with Crippen molar-refractivity contribution >= 4 is 5.91 Å². The first-order chi connectivity index (χ1) is 9.11. The maximum Gasteiger partial charge on any atom is 0.220 e. The van der Waals surface area contributed by atoms with Gasteiger partial charge in [-0.3, -0.25) is 4.79 Å². The Morgan fingerprint density at radius 1 is 1.42 bits per heavy atom. The fourth-order valence-corrected chi connectivity index (χ4v) is 3.92. The summed E-state index contributed by atoms with van der Waals surface area (Å²) in [6.07, 6.45) is 6.07. The molecule has 1 aromatic heterocycles. The maximum atomic E-state index is 12.1. The minimum atomic E-state index is -0.0280. The summed E-state index contributed by atoms with van der Waals surface area (Å²) in [6.45, 7) is 3.91. The zero-order valence-electron chi connectivity index (χ0n) is 11.8. The van der Waals surface area contributed by atoms with Crippen LogP contribution >= 0.6 is 0 Å². The molecule has 0 radical (unpaired) electrons. The highest BCUT2D eigenvalue weighted by Gasteiger charge is 2.40. The Hall–Kier alpha value is -1.25. The molecule has 104 valence electrons. The van der Waals surface area contributed by atoms with Crippen molar-refractivity contribution in [1.29, 1.82) is 0 Å². The summed E-state index contributed by atoms with van der Waals surface area (Å²) in [5.41, 5.74) is 0. The van der Waals surface area contributed by atoms with Gasteiger partial charge in [0.1, 0.15) is 11.5 Å². The van der Waals surface area contributed by atoms with Gasteiger partial charge in [0.25, 0.3) is 0 Å². The van der Waals surface area contributed by atoms with Crippen molar-refractivity contribution < 1.29 is 9.21 Å². The fourth-order valence-electron chi connectivity index (χ4n) is 3.92. The van der Waals surface area contributed by atoms with E-state index < -0.39 is 0 Å². The summed E-state index contributed by atoms with van der Waals surface area (Å²) < 4.78 is 5.55. The molecular weight excluding hydrogens is 238 g/mol. The maximum absolute atomic E-state index is 12.1. The number of carbonyl (C=O) groups is 1. The van der Waals surface area contributed by atoms with Crippen molar-refractivity contribution in [3.63, 3.8) is 0 Å². The van der Waals surface area contributed by atoms with Gasteiger partial charge in [0, 0.05) is 6.42 Å². The highest BCUT2D eigenvalue weighted by molar-refractivity contribution is 5.76. The molecule has 2 fully saturated rings. The summed E-state index contributed by atoms with van der Waals surface area (Å²) in [5.74, 6) is 4.27. The summed E-state index contributed by atoms with van der Waals surface area (Å²) in [7, 11) is 0. The SMILES string of the molecule is Cc1ccc(C(C)NC(=O)CC2CC3CCC2C3)o1. The number of carbonyl (C=O) groups excluding carboxylic acids is 1. The average molecular weight is 261 g/mol. The van der Waals surface area contributed by atoms with Crippen LogP contribution in [0.2, 0.25) is 0 Å². The van der Waals surface area contributed by atoms with Gasteiger partial charge in [-0.15, -0.1) is 0 Å². The van der Waals surface area contributed by atoms with Crippen LogP contribution in [-0.4, -0.2) is 5.91 Å². The van der Waals surface area contributed by atoms with E-state index in [1.54, 1.807) is 0 Å². The van der Waals surface area contributed by atoms with E-state index in [0.717, 1.165) is 23.4 Å². The van der Waals surface area contributed by atoms with Crippen LogP contribution in [0.5, 0.6) is 0 Å². The Morgan fingerprint density at radius 3 is 2.84 bits per heavy atom. The Labute approximate surface area is 114 Å². The molecule has 2 bridgehead atoms. The summed E-state index contributed by atoms with van der Waals surface area (Å²) in [5, 5.41) is 3.06. The van der Waals surface area contributed by atoms with Gasteiger partial charge < -0.3 is 9.73 Å². The molecule has 2 aliphatic carbocycles. The quantitative estimate of drug-likeness (QED) is 0.900. The second-order valence-corrected chi connectivity index (χ2v) is 6.38. The first kappa shape index (κ1) is 12.8. The largest absolute Gasteiger partial charge is 0.464 e. The molecule has 0 spiro atoms. The number of amides is 1. The van der Waals surface area contributed by atoms with Crippen molar-refractivity contribution in [2.75, 3.05) is 0 Å². The molecule has 3 nitrogen and oxygen atoms in total. The molecule has 0 aliphatic heterocycles. The molecule has 4 atom stereocenters. The van der Waals surface area contributed by atoms with Crippen LogP contribution in [0.4, 0.5) is 0 Å². The Bertz CT molecular complexity index is 465. The average Bonchev–Trinajstić information content (AvgIpc) is 3.04. The van der Waals surface area contributed by atoms with Gasteiger partial charge >= 0.3 is 0 Å².